The molecule has 356 valence electrons. The predicted molar refractivity (Wildman–Crippen MR) is 278 cm³/mol. The van der Waals surface area contributed by atoms with Crippen molar-refractivity contribution in [3.05, 3.63) is 253 Å². The van der Waals surface area contributed by atoms with Crippen molar-refractivity contribution in [2.75, 3.05) is 9.80 Å². The third-order valence-corrected chi connectivity index (χ3v) is 12.2. The lowest BCUT2D eigenvalue weighted by Gasteiger charge is -2.32. The fourth-order valence-electron chi connectivity index (χ4n) is 8.87. The van der Waals surface area contributed by atoms with Gasteiger partial charge in [-0.25, -0.2) is 9.80 Å². The molecule has 2 heterocycles. The lowest BCUT2D eigenvalue weighted by Crippen LogP contribution is -2.43. The van der Waals surface area contributed by atoms with Gasteiger partial charge in [-0.15, -0.1) is 0 Å². The molecule has 0 fully saturated rings. The molecule has 0 saturated carbocycles. The molecule has 0 atom stereocenters. The maximum absolute atomic E-state index is 14.2. The highest BCUT2D eigenvalue weighted by Gasteiger charge is 2.40. The number of hydrogen-bond acceptors (Lipinski definition) is 10. The van der Waals surface area contributed by atoms with Gasteiger partial charge in [-0.1, -0.05) is 60.7 Å². The fourth-order valence-corrected chi connectivity index (χ4v) is 8.87. The second-order valence-corrected chi connectivity index (χ2v) is 17.1. The van der Waals surface area contributed by atoms with Crippen molar-refractivity contribution in [2.24, 2.45) is 0 Å². The zero-order chi connectivity index (χ0) is 50.1. The van der Waals surface area contributed by atoms with Gasteiger partial charge in [0.1, 0.15) is 69.0 Å². The van der Waals surface area contributed by atoms with Gasteiger partial charge in [-0.3, -0.25) is 19.2 Å². The number of para-hydroxylation sites is 2. The number of carbonyl (C=O) groups excluding carboxylic acids is 4. The summed E-state index contributed by atoms with van der Waals surface area (Å²) in [6, 6.07) is 67.1. The topological polar surface area (TPSA) is 130 Å². The van der Waals surface area contributed by atoms with Crippen LogP contribution in [-0.2, 0) is 0 Å². The summed E-state index contributed by atoms with van der Waals surface area (Å²) in [6.07, 6.45) is 0. The zero-order valence-electron chi connectivity index (χ0n) is 38.9. The Morgan fingerprint density at radius 1 is 0.216 bits per heavy atom. The Hall–Kier alpha value is -10.5. The molecule has 12 heteroatoms. The van der Waals surface area contributed by atoms with Crippen molar-refractivity contribution in [1.29, 1.82) is 0 Å². The Morgan fingerprint density at radius 2 is 0.432 bits per heavy atom. The first-order valence-corrected chi connectivity index (χ1v) is 23.4. The highest BCUT2D eigenvalue weighted by atomic mass is 16.5. The Bertz CT molecular complexity index is 3500. The van der Waals surface area contributed by atoms with Gasteiger partial charge in [-0.05, 0) is 146 Å². The van der Waals surface area contributed by atoms with Crippen molar-refractivity contribution >= 4 is 45.8 Å². The molecule has 10 aromatic carbocycles. The van der Waals surface area contributed by atoms with E-state index in [0.29, 0.717) is 80.4 Å². The summed E-state index contributed by atoms with van der Waals surface area (Å²) in [4.78, 5) is 59.2. The Morgan fingerprint density at radius 3 is 0.689 bits per heavy atom. The molecule has 0 radical (unpaired) electrons. The average Bonchev–Trinajstić information content (AvgIpc) is 3.43. The predicted octanol–water partition coefficient (Wildman–Crippen LogP) is 15.2. The van der Waals surface area contributed by atoms with Crippen molar-refractivity contribution in [3.8, 4) is 69.0 Å². The van der Waals surface area contributed by atoms with Crippen molar-refractivity contribution < 1.29 is 47.6 Å². The molecule has 0 unspecified atom stereocenters. The van der Waals surface area contributed by atoms with Crippen LogP contribution < -0.4 is 38.2 Å². The van der Waals surface area contributed by atoms with E-state index in [2.05, 4.69) is 0 Å². The summed E-state index contributed by atoms with van der Waals surface area (Å²) in [7, 11) is 0. The van der Waals surface area contributed by atoms with Crippen LogP contribution in [0.5, 0.6) is 69.0 Å². The van der Waals surface area contributed by atoms with Gasteiger partial charge in [-0.2, -0.15) is 0 Å². The SMILES string of the molecule is O=C1c2ccc3c4c(ccc(c24)C(=O)N1c1ccc(Oc2cccc(Oc4cccc(Oc5ccccc5)c4)c2)cc1)C(=O)N(c1ccc(Oc2cccc(Oc4cccc(Oc5ccccc5)c4)c2)cc1)C3=O. The van der Waals surface area contributed by atoms with Gasteiger partial charge >= 0.3 is 0 Å². The van der Waals surface area contributed by atoms with Gasteiger partial charge in [0.15, 0.2) is 0 Å². The summed E-state index contributed by atoms with van der Waals surface area (Å²) in [5.74, 6) is 4.41. The summed E-state index contributed by atoms with van der Waals surface area (Å²) in [6.45, 7) is 0. The first-order chi connectivity index (χ1) is 36.3. The molecule has 74 heavy (non-hydrogen) atoms. The molecule has 0 bridgehead atoms. The molecule has 10 aromatic rings. The summed E-state index contributed by atoms with van der Waals surface area (Å²) in [5.41, 5.74) is 1.36. The Labute approximate surface area is 423 Å². The number of anilines is 2. The molecular weight excluding hydrogens is 933 g/mol. The van der Waals surface area contributed by atoms with Crippen molar-refractivity contribution in [3.63, 3.8) is 0 Å². The number of benzene rings is 10. The second kappa shape index (κ2) is 19.0. The minimum absolute atomic E-state index is 0.185. The highest BCUT2D eigenvalue weighted by Crippen LogP contribution is 2.42. The van der Waals surface area contributed by atoms with E-state index in [-0.39, 0.29) is 33.0 Å². The molecule has 2 aliphatic rings. The van der Waals surface area contributed by atoms with Crippen molar-refractivity contribution in [2.45, 2.75) is 0 Å². The number of hydrogen-bond donors (Lipinski definition) is 0. The van der Waals surface area contributed by atoms with Crippen LogP contribution in [-0.4, -0.2) is 23.6 Å². The van der Waals surface area contributed by atoms with E-state index in [1.807, 2.05) is 109 Å². The first kappa shape index (κ1) is 44.7. The monoisotopic (exact) mass is 970 g/mol. The maximum atomic E-state index is 14.2. The second-order valence-electron chi connectivity index (χ2n) is 17.1. The molecule has 2 aliphatic heterocycles. The zero-order valence-corrected chi connectivity index (χ0v) is 38.9. The van der Waals surface area contributed by atoms with E-state index in [9.17, 15) is 19.2 Å². The minimum atomic E-state index is -0.597. The number of carbonyl (C=O) groups is 4. The fraction of sp³-hybridized carbons (Fsp3) is 0. The van der Waals surface area contributed by atoms with E-state index >= 15 is 0 Å². The highest BCUT2D eigenvalue weighted by molar-refractivity contribution is 6.42. The standard InChI is InChI=1S/C62H38N2O10/c65-59-53-31-33-55-58-56(62(68)64(61(55)67)40-25-29-44(30-26-40)72-48-18-10-22-52(38-48)74-50-20-8-16-46(36-50)70-42-13-5-2-6-14-42)34-32-54(57(53)58)60(66)63(59)39-23-27-43(28-24-39)71-47-17-9-21-51(37-47)73-49-19-7-15-45(35-49)69-41-11-3-1-4-12-41/h1-38H. The van der Waals surface area contributed by atoms with Crippen LogP contribution in [0.3, 0.4) is 0 Å². The van der Waals surface area contributed by atoms with Gasteiger partial charge in [0, 0.05) is 57.3 Å². The van der Waals surface area contributed by atoms with Gasteiger partial charge < -0.3 is 28.4 Å². The molecule has 0 N–H and O–H groups in total. The van der Waals surface area contributed by atoms with E-state index < -0.39 is 23.6 Å². The number of ether oxygens (including phenoxy) is 6. The summed E-state index contributed by atoms with van der Waals surface area (Å²) >= 11 is 0. The molecule has 0 saturated heterocycles. The molecule has 12 rings (SSSR count). The van der Waals surface area contributed by atoms with Crippen LogP contribution in [0, 0.1) is 0 Å². The quantitative estimate of drug-likeness (QED) is 0.0971. The average molecular weight is 971 g/mol. The lowest BCUT2D eigenvalue weighted by molar-refractivity contribution is 0.0873. The van der Waals surface area contributed by atoms with Crippen molar-refractivity contribution in [1.82, 2.24) is 0 Å². The van der Waals surface area contributed by atoms with Crippen LogP contribution in [0.15, 0.2) is 231 Å². The first-order valence-electron chi connectivity index (χ1n) is 23.4. The van der Waals surface area contributed by atoms with Crippen LogP contribution in [0.4, 0.5) is 11.4 Å². The molecule has 0 aliphatic carbocycles. The molecule has 0 spiro atoms. The van der Waals surface area contributed by atoms with E-state index in [1.165, 1.54) is 24.3 Å². The van der Waals surface area contributed by atoms with Crippen LogP contribution >= 0.6 is 0 Å². The van der Waals surface area contributed by atoms with Gasteiger partial charge in [0.2, 0.25) is 0 Å². The molecule has 12 nitrogen and oxygen atoms in total. The van der Waals surface area contributed by atoms with E-state index in [1.54, 1.807) is 97.1 Å². The number of rotatable bonds is 14. The summed E-state index contributed by atoms with van der Waals surface area (Å²) < 4.78 is 36.5. The lowest BCUT2D eigenvalue weighted by atomic mass is 9.85. The minimum Gasteiger partial charge on any atom is -0.457 e. The van der Waals surface area contributed by atoms with Crippen LogP contribution in [0.1, 0.15) is 41.4 Å². The largest absolute Gasteiger partial charge is 0.457 e. The molecular formula is C62H38N2O10. The molecule has 4 amide bonds. The van der Waals surface area contributed by atoms with Crippen LogP contribution in [0.2, 0.25) is 0 Å². The van der Waals surface area contributed by atoms with Gasteiger partial charge in [0.25, 0.3) is 23.6 Å². The van der Waals surface area contributed by atoms with Gasteiger partial charge in [0.05, 0.1) is 11.4 Å². The third kappa shape index (κ3) is 8.86. The van der Waals surface area contributed by atoms with E-state index in [0.717, 1.165) is 9.80 Å². The number of nitrogens with zero attached hydrogens (tertiary/aromatic N) is 2. The van der Waals surface area contributed by atoms with Crippen LogP contribution in [0.25, 0.3) is 10.8 Å². The number of amides is 4. The van der Waals surface area contributed by atoms with E-state index in [4.69, 9.17) is 28.4 Å². The maximum Gasteiger partial charge on any atom is 0.265 e. The normalized spacial score (nSPS) is 12.6. The third-order valence-electron chi connectivity index (χ3n) is 12.2. The Balaban J connectivity index is 0.716. The summed E-state index contributed by atoms with van der Waals surface area (Å²) in [5, 5.41) is 0.515. The molecule has 0 aromatic heterocycles. The smallest absolute Gasteiger partial charge is 0.265 e. The Kier molecular flexibility index (Phi) is 11.5. The number of imide groups is 2.